The maximum Gasteiger partial charge on any atom is 0.308 e. The lowest BCUT2D eigenvalue weighted by atomic mass is 9.88. The van der Waals surface area contributed by atoms with E-state index in [-0.39, 0.29) is 12.0 Å². The monoisotopic (exact) mass is 532 g/mol. The Bertz CT molecular complexity index is 1170. The number of piperidine rings is 1. The molecule has 1 saturated heterocycles. The number of Topliss-reactive ketones (excluding diaryl/α,β-unsaturated/α-hetero) is 1. The summed E-state index contributed by atoms with van der Waals surface area (Å²) in [5, 5.41) is 0. The Hall–Kier alpha value is -3.10. The van der Waals surface area contributed by atoms with Gasteiger partial charge in [-0.3, -0.25) is 9.59 Å². The SMILES string of the molecule is C#CCCCOc1cc(C[N+]2(CCCC)CCCCC2C(=O)Cc2c(C)cccc2C)cc(C)c1OC(C)=O. The molecule has 3 rings (SSSR count). The van der Waals surface area contributed by atoms with Crippen LogP contribution in [0.3, 0.4) is 0 Å². The van der Waals surface area contributed by atoms with Gasteiger partial charge in [0.25, 0.3) is 0 Å². The number of rotatable bonds is 13. The average Bonchev–Trinajstić information content (AvgIpc) is 2.89. The highest BCUT2D eigenvalue weighted by atomic mass is 16.6. The minimum absolute atomic E-state index is 0.0299. The van der Waals surface area contributed by atoms with Crippen molar-refractivity contribution in [2.45, 2.75) is 98.6 Å². The molecule has 0 amide bonds. The van der Waals surface area contributed by atoms with E-state index in [1.165, 1.54) is 23.6 Å². The summed E-state index contributed by atoms with van der Waals surface area (Å²) in [5.74, 6) is 3.65. The number of benzene rings is 2. The van der Waals surface area contributed by atoms with E-state index in [1.54, 1.807) is 0 Å². The Kier molecular flexibility index (Phi) is 11.2. The average molecular weight is 533 g/mol. The number of unbranched alkanes of at least 4 members (excludes halogenated alkanes) is 2. The lowest BCUT2D eigenvalue weighted by molar-refractivity contribution is -0.959. The normalized spacial score (nSPS) is 18.8. The predicted octanol–water partition coefficient (Wildman–Crippen LogP) is 6.81. The Balaban J connectivity index is 1.97. The molecule has 5 heteroatoms. The molecule has 1 heterocycles. The highest BCUT2D eigenvalue weighted by molar-refractivity contribution is 5.85. The number of terminal acetylenes is 1. The van der Waals surface area contributed by atoms with Crippen LogP contribution in [0, 0.1) is 33.1 Å². The molecule has 0 radical (unpaired) electrons. The lowest BCUT2D eigenvalue weighted by Gasteiger charge is -2.47. The zero-order chi connectivity index (χ0) is 28.4. The molecule has 210 valence electrons. The summed E-state index contributed by atoms with van der Waals surface area (Å²) < 4.78 is 12.4. The number of carbonyl (C=O) groups excluding carboxylic acids is 2. The summed E-state index contributed by atoms with van der Waals surface area (Å²) in [6.45, 7) is 13.0. The Morgan fingerprint density at radius 1 is 1.08 bits per heavy atom. The second kappa shape index (κ2) is 14.3. The highest BCUT2D eigenvalue weighted by Gasteiger charge is 2.43. The van der Waals surface area contributed by atoms with Gasteiger partial charge in [0.05, 0.1) is 19.7 Å². The zero-order valence-electron chi connectivity index (χ0n) is 24.6. The molecule has 1 aliphatic heterocycles. The molecule has 2 unspecified atom stereocenters. The molecule has 0 spiro atoms. The van der Waals surface area contributed by atoms with Crippen molar-refractivity contribution in [1.82, 2.24) is 0 Å². The van der Waals surface area contributed by atoms with Crippen molar-refractivity contribution >= 4 is 11.8 Å². The minimum atomic E-state index is -0.376. The summed E-state index contributed by atoms with van der Waals surface area (Å²) in [5.41, 5.74) is 5.52. The van der Waals surface area contributed by atoms with Crippen LogP contribution in [0.4, 0.5) is 0 Å². The van der Waals surface area contributed by atoms with Crippen LogP contribution in [-0.2, 0) is 22.6 Å². The number of ketones is 1. The zero-order valence-corrected chi connectivity index (χ0v) is 24.6. The van der Waals surface area contributed by atoms with Crippen molar-refractivity contribution in [2.24, 2.45) is 0 Å². The van der Waals surface area contributed by atoms with Crippen LogP contribution in [-0.4, -0.2) is 42.0 Å². The Morgan fingerprint density at radius 2 is 1.82 bits per heavy atom. The van der Waals surface area contributed by atoms with Gasteiger partial charge in [0.1, 0.15) is 12.6 Å². The molecule has 0 bridgehead atoms. The number of esters is 1. The van der Waals surface area contributed by atoms with Crippen LogP contribution in [0.25, 0.3) is 0 Å². The minimum Gasteiger partial charge on any atom is -0.490 e. The quantitative estimate of drug-likeness (QED) is 0.0935. The van der Waals surface area contributed by atoms with Crippen molar-refractivity contribution in [2.75, 3.05) is 19.7 Å². The predicted molar refractivity (Wildman–Crippen MR) is 157 cm³/mol. The number of hydrogen-bond acceptors (Lipinski definition) is 4. The molecule has 0 N–H and O–H groups in total. The van der Waals surface area contributed by atoms with Crippen LogP contribution in [0.1, 0.15) is 86.6 Å². The maximum absolute atomic E-state index is 14.0. The lowest BCUT2D eigenvalue weighted by Crippen LogP contribution is -2.61. The molecule has 39 heavy (non-hydrogen) atoms. The van der Waals surface area contributed by atoms with Crippen LogP contribution in [0.5, 0.6) is 11.5 Å². The first kappa shape index (κ1) is 30.4. The number of nitrogens with zero attached hydrogens (tertiary/aromatic N) is 1. The second-order valence-electron chi connectivity index (χ2n) is 11.2. The molecule has 2 aromatic carbocycles. The van der Waals surface area contributed by atoms with Gasteiger partial charge in [0.15, 0.2) is 17.3 Å². The van der Waals surface area contributed by atoms with E-state index in [9.17, 15) is 9.59 Å². The van der Waals surface area contributed by atoms with E-state index in [0.29, 0.717) is 36.7 Å². The van der Waals surface area contributed by atoms with Gasteiger partial charge in [0, 0.05) is 31.7 Å². The standard InChI is InChI=1S/C34H46NO4/c1-7-9-13-20-38-33-22-29(21-27(5)34(33)39-28(6)36)24-35(18-10-8-2)19-12-11-17-31(35)32(37)23-30-25(3)15-14-16-26(30)4/h1,14-16,21-22,31H,8-13,17-20,23-24H2,2-6H3/q+1. The van der Waals surface area contributed by atoms with Crippen LogP contribution >= 0.6 is 0 Å². The van der Waals surface area contributed by atoms with Gasteiger partial charge in [-0.05, 0) is 80.8 Å². The third-order valence-corrected chi connectivity index (χ3v) is 8.08. The summed E-state index contributed by atoms with van der Waals surface area (Å²) in [7, 11) is 0. The van der Waals surface area contributed by atoms with E-state index in [4.69, 9.17) is 15.9 Å². The highest BCUT2D eigenvalue weighted by Crippen LogP contribution is 2.37. The molecule has 0 aliphatic carbocycles. The van der Waals surface area contributed by atoms with Gasteiger partial charge < -0.3 is 14.0 Å². The molecule has 5 nitrogen and oxygen atoms in total. The number of quaternary nitrogens is 1. The summed E-state index contributed by atoms with van der Waals surface area (Å²) in [6, 6.07) is 10.4. The van der Waals surface area contributed by atoms with E-state index in [0.717, 1.165) is 73.8 Å². The van der Waals surface area contributed by atoms with Crippen molar-refractivity contribution in [3.05, 3.63) is 58.1 Å². The number of ether oxygens (including phenoxy) is 2. The molecule has 0 aromatic heterocycles. The van der Waals surface area contributed by atoms with Gasteiger partial charge in [-0.2, -0.15) is 0 Å². The van der Waals surface area contributed by atoms with Gasteiger partial charge in [-0.25, -0.2) is 0 Å². The molecule has 2 atom stereocenters. The maximum atomic E-state index is 14.0. The molecule has 1 aliphatic rings. The first-order valence-corrected chi connectivity index (χ1v) is 14.5. The van der Waals surface area contributed by atoms with E-state index in [1.807, 2.05) is 13.0 Å². The van der Waals surface area contributed by atoms with E-state index in [2.05, 4.69) is 51.0 Å². The van der Waals surface area contributed by atoms with Crippen LogP contribution in [0.15, 0.2) is 30.3 Å². The van der Waals surface area contributed by atoms with E-state index < -0.39 is 0 Å². The van der Waals surface area contributed by atoms with Crippen LogP contribution in [0.2, 0.25) is 0 Å². The van der Waals surface area contributed by atoms with Crippen molar-refractivity contribution in [3.8, 4) is 23.8 Å². The fourth-order valence-corrected chi connectivity index (χ4v) is 6.10. The van der Waals surface area contributed by atoms with Gasteiger partial charge in [0.2, 0.25) is 0 Å². The van der Waals surface area contributed by atoms with Crippen LogP contribution < -0.4 is 9.47 Å². The molecular weight excluding hydrogens is 486 g/mol. The van der Waals surface area contributed by atoms with Gasteiger partial charge in [-0.15, -0.1) is 12.3 Å². The number of hydrogen-bond donors (Lipinski definition) is 0. The number of carbonyl (C=O) groups is 2. The Morgan fingerprint density at radius 3 is 2.49 bits per heavy atom. The molecule has 2 aromatic rings. The number of likely N-dealkylation sites (tertiary alicyclic amines) is 1. The van der Waals surface area contributed by atoms with Crippen molar-refractivity contribution in [1.29, 1.82) is 0 Å². The largest absolute Gasteiger partial charge is 0.490 e. The summed E-state index contributed by atoms with van der Waals surface area (Å²) in [4.78, 5) is 25.9. The summed E-state index contributed by atoms with van der Waals surface area (Å²) in [6.07, 6.45) is 12.6. The Labute approximate surface area is 235 Å². The van der Waals surface area contributed by atoms with Crippen molar-refractivity contribution < 1.29 is 23.5 Å². The number of aryl methyl sites for hydroxylation is 3. The molecular formula is C34H46NO4+. The fraction of sp³-hybridized carbons (Fsp3) is 0.529. The third-order valence-electron chi connectivity index (χ3n) is 8.08. The topological polar surface area (TPSA) is 52.6 Å². The summed E-state index contributed by atoms with van der Waals surface area (Å²) >= 11 is 0. The first-order chi connectivity index (χ1) is 18.7. The van der Waals surface area contributed by atoms with Gasteiger partial charge in [-0.1, -0.05) is 31.5 Å². The molecule has 0 saturated carbocycles. The third kappa shape index (κ3) is 7.96. The second-order valence-corrected chi connectivity index (χ2v) is 11.2. The fourth-order valence-electron chi connectivity index (χ4n) is 6.10. The van der Waals surface area contributed by atoms with Crippen molar-refractivity contribution in [3.63, 3.8) is 0 Å². The van der Waals surface area contributed by atoms with Gasteiger partial charge >= 0.3 is 5.97 Å². The molecule has 1 fully saturated rings. The smallest absolute Gasteiger partial charge is 0.308 e. The van der Waals surface area contributed by atoms with E-state index >= 15 is 0 Å². The first-order valence-electron chi connectivity index (χ1n) is 14.5.